The number of nitrogens with one attached hydrogen (secondary N) is 1. The van der Waals surface area contributed by atoms with E-state index in [9.17, 15) is 13.2 Å². The molecule has 1 amide bonds. The number of pyridine rings is 2. The van der Waals surface area contributed by atoms with E-state index < -0.39 is 16.1 Å². The fraction of sp³-hybridized carbons (Fsp3) is 0.250. The number of fused-ring (bicyclic) bond motifs is 1. The lowest BCUT2D eigenvalue weighted by atomic mass is 10.2. The van der Waals surface area contributed by atoms with Crippen molar-refractivity contribution in [2.24, 2.45) is 0 Å². The number of para-hydroxylation sites is 1. The average molecular weight is 396 g/mol. The van der Waals surface area contributed by atoms with Crippen molar-refractivity contribution in [3.8, 4) is 0 Å². The van der Waals surface area contributed by atoms with Crippen LogP contribution in [-0.4, -0.2) is 41.2 Å². The summed E-state index contributed by atoms with van der Waals surface area (Å²) in [4.78, 5) is 21.4. The Kier molecular flexibility index (Phi) is 4.82. The van der Waals surface area contributed by atoms with Gasteiger partial charge in [0.2, 0.25) is 15.9 Å². The Balaban J connectivity index is 1.67. The SMILES string of the molecule is Cc1ncccc1NC(=O)[C@@H]1CCCN1S(=O)(=O)c1cccc2cccnc12. The standard InChI is InChI=1S/C20H20N4O3S/c1-14-16(8-4-11-21-14)23-20(25)17-9-5-13-24(17)28(26,27)18-10-2-6-15-7-3-12-22-19(15)18/h2-4,6-8,10-12,17H,5,9,13H2,1H3,(H,23,25)/t17-/m0/s1. The van der Waals surface area contributed by atoms with E-state index in [0.717, 1.165) is 5.39 Å². The van der Waals surface area contributed by atoms with Crippen molar-refractivity contribution in [1.29, 1.82) is 0 Å². The highest BCUT2D eigenvalue weighted by Crippen LogP contribution is 2.30. The molecule has 2 aromatic heterocycles. The number of rotatable bonds is 4. The van der Waals surface area contributed by atoms with Crippen molar-refractivity contribution in [3.63, 3.8) is 0 Å². The minimum absolute atomic E-state index is 0.128. The summed E-state index contributed by atoms with van der Waals surface area (Å²) in [6, 6.07) is 11.4. The van der Waals surface area contributed by atoms with E-state index in [1.54, 1.807) is 49.6 Å². The van der Waals surface area contributed by atoms with Gasteiger partial charge in [-0.3, -0.25) is 14.8 Å². The first kappa shape index (κ1) is 18.5. The number of benzene rings is 1. The average Bonchev–Trinajstić information content (AvgIpc) is 3.20. The molecule has 144 valence electrons. The van der Waals surface area contributed by atoms with Crippen LogP contribution in [0, 0.1) is 6.92 Å². The molecule has 1 aromatic carbocycles. The summed E-state index contributed by atoms with van der Waals surface area (Å²) in [7, 11) is -3.87. The van der Waals surface area contributed by atoms with E-state index in [0.29, 0.717) is 36.3 Å². The van der Waals surface area contributed by atoms with E-state index in [-0.39, 0.29) is 10.8 Å². The van der Waals surface area contributed by atoms with E-state index in [4.69, 9.17) is 0 Å². The molecule has 1 N–H and O–H groups in total. The third-order valence-electron chi connectivity index (χ3n) is 4.95. The Labute approximate surface area is 163 Å². The number of anilines is 1. The van der Waals surface area contributed by atoms with Gasteiger partial charge in [0, 0.05) is 24.3 Å². The van der Waals surface area contributed by atoms with Crippen molar-refractivity contribution >= 4 is 32.5 Å². The number of aromatic nitrogens is 2. The summed E-state index contributed by atoms with van der Waals surface area (Å²) < 4.78 is 28.0. The maximum Gasteiger partial charge on any atom is 0.245 e. The second-order valence-corrected chi connectivity index (χ2v) is 8.59. The van der Waals surface area contributed by atoms with Gasteiger partial charge in [-0.1, -0.05) is 18.2 Å². The summed E-state index contributed by atoms with van der Waals surface area (Å²) in [5.41, 5.74) is 1.68. The molecule has 1 atom stereocenters. The summed E-state index contributed by atoms with van der Waals surface area (Å²) in [6.45, 7) is 2.09. The summed E-state index contributed by atoms with van der Waals surface area (Å²) in [5, 5.41) is 3.56. The third kappa shape index (κ3) is 3.25. The zero-order valence-corrected chi connectivity index (χ0v) is 16.2. The lowest BCUT2D eigenvalue weighted by Gasteiger charge is -2.24. The zero-order valence-electron chi connectivity index (χ0n) is 15.4. The van der Waals surface area contributed by atoms with Crippen LogP contribution in [0.1, 0.15) is 18.5 Å². The molecule has 3 heterocycles. The molecule has 8 heteroatoms. The van der Waals surface area contributed by atoms with Gasteiger partial charge in [-0.25, -0.2) is 8.42 Å². The Morgan fingerprint density at radius 3 is 2.68 bits per heavy atom. The molecule has 1 aliphatic rings. The summed E-state index contributed by atoms with van der Waals surface area (Å²) in [5.74, 6) is -0.342. The van der Waals surface area contributed by atoms with Crippen LogP contribution in [0.4, 0.5) is 5.69 Å². The predicted octanol–water partition coefficient (Wildman–Crippen LogP) is 2.73. The molecule has 0 radical (unpaired) electrons. The molecule has 4 rings (SSSR count). The largest absolute Gasteiger partial charge is 0.323 e. The fourth-order valence-corrected chi connectivity index (χ4v) is 5.36. The Bertz CT molecular complexity index is 1140. The van der Waals surface area contributed by atoms with Crippen molar-refractivity contribution in [2.45, 2.75) is 30.7 Å². The highest BCUT2D eigenvalue weighted by atomic mass is 32.2. The van der Waals surface area contributed by atoms with Crippen LogP contribution in [-0.2, 0) is 14.8 Å². The number of amides is 1. The van der Waals surface area contributed by atoms with Gasteiger partial charge in [0.25, 0.3) is 0 Å². The van der Waals surface area contributed by atoms with E-state index in [1.165, 1.54) is 4.31 Å². The van der Waals surface area contributed by atoms with Crippen molar-refractivity contribution in [3.05, 3.63) is 60.6 Å². The van der Waals surface area contributed by atoms with Gasteiger partial charge in [-0.05, 0) is 44.0 Å². The number of aryl methyl sites for hydroxylation is 1. The van der Waals surface area contributed by atoms with E-state index in [2.05, 4.69) is 15.3 Å². The van der Waals surface area contributed by atoms with Gasteiger partial charge in [0.05, 0.1) is 16.9 Å². The summed E-state index contributed by atoms with van der Waals surface area (Å²) in [6.07, 6.45) is 4.32. The number of carbonyl (C=O) groups excluding carboxylic acids is 1. The first-order valence-electron chi connectivity index (χ1n) is 9.06. The number of hydrogen-bond acceptors (Lipinski definition) is 5. The van der Waals surface area contributed by atoms with Crippen LogP contribution in [0.5, 0.6) is 0 Å². The van der Waals surface area contributed by atoms with Crippen LogP contribution in [0.3, 0.4) is 0 Å². The van der Waals surface area contributed by atoms with Gasteiger partial charge in [0.15, 0.2) is 0 Å². The molecular formula is C20H20N4O3S. The highest BCUT2D eigenvalue weighted by Gasteiger charge is 2.40. The van der Waals surface area contributed by atoms with Gasteiger partial charge in [0.1, 0.15) is 10.9 Å². The van der Waals surface area contributed by atoms with Gasteiger partial charge in [-0.15, -0.1) is 0 Å². The molecule has 0 aliphatic carbocycles. The molecular weight excluding hydrogens is 376 g/mol. The Morgan fingerprint density at radius 2 is 1.86 bits per heavy atom. The Morgan fingerprint density at radius 1 is 1.11 bits per heavy atom. The van der Waals surface area contributed by atoms with Crippen LogP contribution >= 0.6 is 0 Å². The van der Waals surface area contributed by atoms with Crippen LogP contribution in [0.25, 0.3) is 10.9 Å². The van der Waals surface area contributed by atoms with Crippen molar-refractivity contribution in [1.82, 2.24) is 14.3 Å². The number of sulfonamides is 1. The molecule has 0 saturated carbocycles. The second kappa shape index (κ2) is 7.29. The first-order chi connectivity index (χ1) is 13.5. The van der Waals surface area contributed by atoms with Crippen LogP contribution in [0.2, 0.25) is 0 Å². The maximum atomic E-state index is 13.4. The van der Waals surface area contributed by atoms with Gasteiger partial charge < -0.3 is 5.32 Å². The maximum absolute atomic E-state index is 13.4. The van der Waals surface area contributed by atoms with E-state index >= 15 is 0 Å². The minimum atomic E-state index is -3.87. The van der Waals surface area contributed by atoms with E-state index in [1.807, 2.05) is 12.1 Å². The smallest absolute Gasteiger partial charge is 0.245 e. The molecule has 0 bridgehead atoms. The minimum Gasteiger partial charge on any atom is -0.323 e. The lowest BCUT2D eigenvalue weighted by Crippen LogP contribution is -2.43. The molecule has 1 saturated heterocycles. The molecule has 1 aliphatic heterocycles. The zero-order chi connectivity index (χ0) is 19.7. The number of hydrogen-bond donors (Lipinski definition) is 1. The van der Waals surface area contributed by atoms with Gasteiger partial charge in [-0.2, -0.15) is 4.31 Å². The van der Waals surface area contributed by atoms with Crippen molar-refractivity contribution in [2.75, 3.05) is 11.9 Å². The monoisotopic (exact) mass is 396 g/mol. The topological polar surface area (TPSA) is 92.3 Å². The van der Waals surface area contributed by atoms with Gasteiger partial charge >= 0.3 is 0 Å². The van der Waals surface area contributed by atoms with Crippen LogP contribution < -0.4 is 5.32 Å². The summed E-state index contributed by atoms with van der Waals surface area (Å²) >= 11 is 0. The molecule has 1 fully saturated rings. The molecule has 0 spiro atoms. The van der Waals surface area contributed by atoms with Crippen LogP contribution in [0.15, 0.2) is 59.8 Å². The number of carbonyl (C=O) groups is 1. The normalized spacial score (nSPS) is 17.7. The fourth-order valence-electron chi connectivity index (χ4n) is 3.53. The highest BCUT2D eigenvalue weighted by molar-refractivity contribution is 7.89. The predicted molar refractivity (Wildman–Crippen MR) is 106 cm³/mol. The molecule has 7 nitrogen and oxygen atoms in total. The molecule has 0 unspecified atom stereocenters. The lowest BCUT2D eigenvalue weighted by molar-refractivity contribution is -0.119. The van der Waals surface area contributed by atoms with Crippen molar-refractivity contribution < 1.29 is 13.2 Å². The molecule has 3 aromatic rings. The number of nitrogens with zero attached hydrogens (tertiary/aromatic N) is 3. The Hall–Kier alpha value is -2.84. The quantitative estimate of drug-likeness (QED) is 0.732. The third-order valence-corrected chi connectivity index (χ3v) is 6.89. The first-order valence-corrected chi connectivity index (χ1v) is 10.5. The molecule has 28 heavy (non-hydrogen) atoms. The second-order valence-electron chi connectivity index (χ2n) is 6.73.